The number of aromatic nitrogens is 3. The van der Waals surface area contributed by atoms with E-state index < -0.39 is 13.7 Å². The SMILES string of the molecule is [2H]C([2H])([2H])c1c[c-]c(-c2ccc(C([2H])([2H])[2H])cn2)cc1.[Ir].[c-]1ccc2c(sc3ccccc32)c1-c1nc2ccccc2n1-c1ccc(-c2ccco2)cc1. The van der Waals surface area contributed by atoms with E-state index in [0.29, 0.717) is 11.3 Å². The molecule has 0 atom stereocenters. The van der Waals surface area contributed by atoms with Crippen molar-refractivity contribution in [2.45, 2.75) is 13.7 Å². The van der Waals surface area contributed by atoms with Gasteiger partial charge in [0.25, 0.3) is 0 Å². The van der Waals surface area contributed by atoms with Crippen molar-refractivity contribution in [3.8, 4) is 39.7 Å². The van der Waals surface area contributed by atoms with Gasteiger partial charge < -0.3 is 14.0 Å². The summed E-state index contributed by atoms with van der Waals surface area (Å²) in [7, 11) is 0. The van der Waals surface area contributed by atoms with Gasteiger partial charge in [0, 0.05) is 50.5 Å². The fraction of sp³-hybridized carbons (Fsp3) is 0.0476. The summed E-state index contributed by atoms with van der Waals surface area (Å²) in [5.74, 6) is 1.76. The Morgan fingerprint density at radius 2 is 1.60 bits per heavy atom. The fourth-order valence-electron chi connectivity index (χ4n) is 5.67. The van der Waals surface area contributed by atoms with Crippen LogP contribution in [0, 0.1) is 25.8 Å². The molecule has 235 valence electrons. The molecule has 6 heteroatoms. The molecular weight excluding hydrogens is 787 g/mol. The third-order valence-corrected chi connectivity index (χ3v) is 9.11. The summed E-state index contributed by atoms with van der Waals surface area (Å²) in [6.07, 6.45) is 3.00. The number of nitrogens with zero attached hydrogens (tertiary/aromatic N) is 3. The van der Waals surface area contributed by atoms with Gasteiger partial charge in [0.2, 0.25) is 0 Å². The van der Waals surface area contributed by atoms with Gasteiger partial charge in [0.1, 0.15) is 5.76 Å². The number of imidazole rings is 1. The van der Waals surface area contributed by atoms with Crippen LogP contribution in [-0.4, -0.2) is 14.5 Å². The van der Waals surface area contributed by atoms with E-state index >= 15 is 0 Å². The van der Waals surface area contributed by atoms with Crippen LogP contribution in [0.5, 0.6) is 0 Å². The summed E-state index contributed by atoms with van der Waals surface area (Å²) in [4.78, 5) is 9.15. The van der Waals surface area contributed by atoms with Gasteiger partial charge in [-0.1, -0.05) is 60.3 Å². The number of aryl methyl sites for hydroxylation is 2. The first-order valence-corrected chi connectivity index (χ1v) is 15.8. The molecule has 0 aliphatic rings. The monoisotopic (exact) mass is 822 g/mol. The predicted molar refractivity (Wildman–Crippen MR) is 194 cm³/mol. The van der Waals surface area contributed by atoms with Gasteiger partial charge in [-0.15, -0.1) is 53.6 Å². The van der Waals surface area contributed by atoms with Gasteiger partial charge in [0.15, 0.2) is 0 Å². The van der Waals surface area contributed by atoms with E-state index in [-0.39, 0.29) is 31.2 Å². The summed E-state index contributed by atoms with van der Waals surface area (Å²) in [6.45, 7) is -4.34. The van der Waals surface area contributed by atoms with Crippen molar-refractivity contribution in [1.82, 2.24) is 14.5 Å². The molecular formula is C42H29IrN3OS-2. The summed E-state index contributed by atoms with van der Waals surface area (Å²) in [6, 6.07) is 47.3. The molecule has 0 saturated carbocycles. The first-order chi connectivity index (χ1) is 25.5. The van der Waals surface area contributed by atoms with E-state index in [1.807, 2.05) is 24.3 Å². The normalized spacial score (nSPS) is 13.3. The van der Waals surface area contributed by atoms with Crippen molar-refractivity contribution in [2.75, 3.05) is 0 Å². The number of rotatable bonds is 4. The van der Waals surface area contributed by atoms with Crippen LogP contribution in [0.1, 0.15) is 19.4 Å². The van der Waals surface area contributed by atoms with Crippen molar-refractivity contribution < 1.29 is 32.7 Å². The molecule has 0 aliphatic carbocycles. The fourth-order valence-corrected chi connectivity index (χ4v) is 6.86. The van der Waals surface area contributed by atoms with Crippen molar-refractivity contribution in [2.24, 2.45) is 0 Å². The Morgan fingerprint density at radius 3 is 2.38 bits per heavy atom. The van der Waals surface area contributed by atoms with Crippen LogP contribution >= 0.6 is 11.3 Å². The molecule has 9 aromatic rings. The van der Waals surface area contributed by atoms with Crippen LogP contribution in [0.2, 0.25) is 0 Å². The molecule has 0 fully saturated rings. The van der Waals surface area contributed by atoms with Gasteiger partial charge in [-0.05, 0) is 82.8 Å². The number of thiophene rings is 1. The molecule has 0 bridgehead atoms. The maximum Gasteiger partial charge on any atom is 0.133 e. The van der Waals surface area contributed by atoms with Crippen LogP contribution in [0.25, 0.3) is 70.9 Å². The Labute approximate surface area is 305 Å². The summed E-state index contributed by atoms with van der Waals surface area (Å²) < 4.78 is 53.9. The van der Waals surface area contributed by atoms with Gasteiger partial charge in [0.05, 0.1) is 23.1 Å². The molecule has 0 amide bonds. The van der Waals surface area contributed by atoms with Crippen LogP contribution in [0.3, 0.4) is 0 Å². The number of furan rings is 1. The molecule has 4 nitrogen and oxygen atoms in total. The predicted octanol–water partition coefficient (Wildman–Crippen LogP) is 11.3. The Kier molecular flexibility index (Phi) is 7.04. The van der Waals surface area contributed by atoms with E-state index in [0.717, 1.165) is 39.4 Å². The Bertz CT molecular complexity index is 2630. The second kappa shape index (κ2) is 13.5. The topological polar surface area (TPSA) is 43.9 Å². The first kappa shape index (κ1) is 25.0. The number of hydrogen-bond donors (Lipinski definition) is 0. The van der Waals surface area contributed by atoms with E-state index in [1.165, 1.54) is 44.6 Å². The number of benzene rings is 5. The molecule has 0 aliphatic heterocycles. The third-order valence-electron chi connectivity index (χ3n) is 7.91. The molecule has 4 aromatic heterocycles. The molecule has 0 unspecified atom stereocenters. The minimum atomic E-state index is -2.18. The largest absolute Gasteiger partial charge is 0.464 e. The molecule has 5 aromatic carbocycles. The maximum absolute atomic E-state index is 7.28. The number of para-hydroxylation sites is 2. The van der Waals surface area contributed by atoms with Gasteiger partial charge in [-0.25, -0.2) is 0 Å². The molecule has 48 heavy (non-hydrogen) atoms. The Hall–Kier alpha value is -5.13. The zero-order valence-corrected chi connectivity index (χ0v) is 28.5. The van der Waals surface area contributed by atoms with Crippen molar-refractivity contribution in [1.29, 1.82) is 0 Å². The van der Waals surface area contributed by atoms with E-state index in [4.69, 9.17) is 17.6 Å². The van der Waals surface area contributed by atoms with Crippen molar-refractivity contribution in [3.05, 3.63) is 163 Å². The Morgan fingerprint density at radius 1 is 0.771 bits per heavy atom. The number of fused-ring (bicyclic) bond motifs is 4. The van der Waals surface area contributed by atoms with E-state index in [2.05, 4.69) is 94.5 Å². The zero-order chi connectivity index (χ0) is 36.7. The van der Waals surface area contributed by atoms with Crippen molar-refractivity contribution >= 4 is 42.5 Å². The molecule has 4 heterocycles. The Balaban J connectivity index is 0.000000186. The van der Waals surface area contributed by atoms with Gasteiger partial charge >= 0.3 is 0 Å². The average molecular weight is 822 g/mol. The first-order valence-electron chi connectivity index (χ1n) is 18.0. The van der Waals surface area contributed by atoms with Crippen LogP contribution in [-0.2, 0) is 20.1 Å². The zero-order valence-electron chi connectivity index (χ0n) is 31.3. The van der Waals surface area contributed by atoms with Crippen LogP contribution in [0.15, 0.2) is 144 Å². The minimum absolute atomic E-state index is 0. The summed E-state index contributed by atoms with van der Waals surface area (Å²) >= 11 is 1.80. The standard InChI is InChI=1S/C29H17N2OS.C13H12N.Ir/c1-4-13-27-21(7-1)22-8-5-9-23(28(22)33-27)29-30-24-10-2-3-11-25(24)31(29)20-16-14-19(15-17-20)26-12-6-18-32-26;1-10-3-6-12(7-4-10)13-8-5-11(2)9-14-13;/h1-8,10-18H;3-6,8-9H,1-2H3;/q2*-1;/i;1D3,2D3;. The molecule has 1 radical (unpaired) electrons. The minimum Gasteiger partial charge on any atom is -0.464 e. The third kappa shape index (κ3) is 6.02. The molecule has 9 rings (SSSR count). The van der Waals surface area contributed by atoms with Crippen LogP contribution < -0.4 is 0 Å². The van der Waals surface area contributed by atoms with E-state index in [1.54, 1.807) is 29.7 Å². The second-order valence-corrected chi connectivity index (χ2v) is 12.0. The van der Waals surface area contributed by atoms with E-state index in [9.17, 15) is 0 Å². The second-order valence-electron chi connectivity index (χ2n) is 10.9. The van der Waals surface area contributed by atoms with Crippen molar-refractivity contribution in [3.63, 3.8) is 0 Å². The molecule has 0 N–H and O–H groups in total. The maximum atomic E-state index is 7.28. The van der Waals surface area contributed by atoms with Gasteiger partial charge in [-0.2, -0.15) is 11.3 Å². The molecule has 0 spiro atoms. The summed E-state index contributed by atoms with van der Waals surface area (Å²) in [5.41, 5.74) is 6.72. The average Bonchev–Trinajstić information content (AvgIpc) is 3.93. The number of pyridine rings is 1. The van der Waals surface area contributed by atoms with Gasteiger partial charge in [-0.3, -0.25) is 4.98 Å². The summed E-state index contributed by atoms with van der Waals surface area (Å²) in [5, 5.41) is 2.52. The smallest absolute Gasteiger partial charge is 0.133 e. The van der Waals surface area contributed by atoms with Crippen LogP contribution in [0.4, 0.5) is 0 Å². The quantitative estimate of drug-likeness (QED) is 0.166. The molecule has 0 saturated heterocycles. The number of hydrogen-bond acceptors (Lipinski definition) is 4.